The largest absolute Gasteiger partial charge is 0.368 e. The van der Waals surface area contributed by atoms with E-state index in [4.69, 9.17) is 5.73 Å². The number of rotatable bonds is 9. The number of nitrogens with zero attached hydrogens (tertiary/aromatic N) is 1. The fraction of sp³-hybridized carbons (Fsp3) is 0.938. The van der Waals surface area contributed by atoms with E-state index in [0.29, 0.717) is 6.04 Å². The standard InChI is InChI=1S/C16H35N3O/c1-8-11-18-16(6,14(17)20)10-9-12-19(7)13(2)15(3,4)5/h13,18H,8-12H2,1-7H3,(H2,17,20). The van der Waals surface area contributed by atoms with Gasteiger partial charge in [0.05, 0.1) is 5.54 Å². The van der Waals surface area contributed by atoms with Crippen LogP contribution in [-0.2, 0) is 4.79 Å². The van der Waals surface area contributed by atoms with Crippen molar-refractivity contribution in [1.29, 1.82) is 0 Å². The topological polar surface area (TPSA) is 58.4 Å². The van der Waals surface area contributed by atoms with Gasteiger partial charge in [0.15, 0.2) is 0 Å². The van der Waals surface area contributed by atoms with E-state index in [-0.39, 0.29) is 11.3 Å². The average molecular weight is 285 g/mol. The van der Waals surface area contributed by atoms with Gasteiger partial charge in [0, 0.05) is 6.04 Å². The molecule has 0 saturated heterocycles. The van der Waals surface area contributed by atoms with Gasteiger partial charge in [-0.15, -0.1) is 0 Å². The van der Waals surface area contributed by atoms with Crippen LogP contribution in [0.3, 0.4) is 0 Å². The number of nitrogens with two attached hydrogens (primary N) is 1. The fourth-order valence-corrected chi connectivity index (χ4v) is 2.24. The van der Waals surface area contributed by atoms with Gasteiger partial charge in [-0.05, 0) is 58.7 Å². The molecule has 0 aliphatic rings. The second-order valence-electron chi connectivity index (χ2n) is 7.25. The molecular weight excluding hydrogens is 250 g/mol. The Morgan fingerprint density at radius 2 is 1.85 bits per heavy atom. The summed E-state index contributed by atoms with van der Waals surface area (Å²) in [4.78, 5) is 14.0. The molecule has 0 heterocycles. The smallest absolute Gasteiger partial charge is 0.237 e. The van der Waals surface area contributed by atoms with E-state index in [1.807, 2.05) is 6.92 Å². The third-order valence-electron chi connectivity index (χ3n) is 4.41. The first-order valence-corrected chi connectivity index (χ1v) is 7.79. The molecule has 3 N–H and O–H groups in total. The van der Waals surface area contributed by atoms with Gasteiger partial charge in [0.25, 0.3) is 0 Å². The van der Waals surface area contributed by atoms with Crippen molar-refractivity contribution in [3.63, 3.8) is 0 Å². The maximum atomic E-state index is 11.6. The van der Waals surface area contributed by atoms with Crippen molar-refractivity contribution in [2.24, 2.45) is 11.1 Å². The number of nitrogens with one attached hydrogen (secondary N) is 1. The summed E-state index contributed by atoms with van der Waals surface area (Å²) >= 11 is 0. The Kier molecular flexibility index (Phi) is 7.74. The van der Waals surface area contributed by atoms with Gasteiger partial charge >= 0.3 is 0 Å². The number of primary amides is 1. The molecule has 0 radical (unpaired) electrons. The van der Waals surface area contributed by atoms with Crippen molar-refractivity contribution in [3.8, 4) is 0 Å². The minimum absolute atomic E-state index is 0.252. The van der Waals surface area contributed by atoms with Gasteiger partial charge in [-0.25, -0.2) is 0 Å². The first-order chi connectivity index (χ1) is 9.04. The summed E-state index contributed by atoms with van der Waals surface area (Å²) in [6.45, 7) is 14.8. The van der Waals surface area contributed by atoms with Crippen molar-refractivity contribution in [1.82, 2.24) is 10.2 Å². The van der Waals surface area contributed by atoms with E-state index in [1.165, 1.54) is 0 Å². The van der Waals surface area contributed by atoms with Crippen molar-refractivity contribution in [3.05, 3.63) is 0 Å². The van der Waals surface area contributed by atoms with Crippen molar-refractivity contribution in [2.75, 3.05) is 20.1 Å². The molecule has 120 valence electrons. The molecule has 2 atom stereocenters. The number of hydrogen-bond donors (Lipinski definition) is 2. The summed E-state index contributed by atoms with van der Waals surface area (Å²) < 4.78 is 0. The zero-order valence-electron chi connectivity index (χ0n) is 14.5. The predicted molar refractivity (Wildman–Crippen MR) is 86.7 cm³/mol. The van der Waals surface area contributed by atoms with Crippen LogP contribution in [-0.4, -0.2) is 42.5 Å². The third-order valence-corrected chi connectivity index (χ3v) is 4.41. The lowest BCUT2D eigenvalue weighted by Crippen LogP contribution is -2.53. The van der Waals surface area contributed by atoms with Gasteiger partial charge in [-0.2, -0.15) is 0 Å². The predicted octanol–water partition coefficient (Wildman–Crippen LogP) is 2.38. The molecule has 1 amide bonds. The van der Waals surface area contributed by atoms with Crippen molar-refractivity contribution in [2.45, 2.75) is 72.4 Å². The van der Waals surface area contributed by atoms with Crippen molar-refractivity contribution >= 4 is 5.91 Å². The molecule has 4 nitrogen and oxygen atoms in total. The van der Waals surface area contributed by atoms with Crippen LogP contribution in [0, 0.1) is 5.41 Å². The highest BCUT2D eigenvalue weighted by atomic mass is 16.1. The fourth-order valence-electron chi connectivity index (χ4n) is 2.24. The van der Waals surface area contributed by atoms with E-state index in [2.05, 4.69) is 51.9 Å². The molecule has 0 rings (SSSR count). The van der Waals surface area contributed by atoms with E-state index in [0.717, 1.165) is 32.4 Å². The molecule has 0 aromatic rings. The van der Waals surface area contributed by atoms with Crippen LogP contribution in [0.25, 0.3) is 0 Å². The molecule has 0 aliphatic heterocycles. The zero-order valence-corrected chi connectivity index (χ0v) is 14.5. The van der Waals surface area contributed by atoms with Crippen LogP contribution in [0.1, 0.15) is 60.8 Å². The van der Waals surface area contributed by atoms with Gasteiger partial charge in [-0.1, -0.05) is 27.7 Å². The molecular formula is C16H35N3O. The molecule has 0 aromatic carbocycles. The molecule has 0 fully saturated rings. The summed E-state index contributed by atoms with van der Waals surface area (Å²) in [5.41, 5.74) is 5.23. The second kappa shape index (κ2) is 7.99. The highest BCUT2D eigenvalue weighted by Crippen LogP contribution is 2.23. The number of carbonyl (C=O) groups excluding carboxylic acids is 1. The lowest BCUT2D eigenvalue weighted by atomic mass is 9.87. The number of amides is 1. The van der Waals surface area contributed by atoms with Crippen LogP contribution < -0.4 is 11.1 Å². The van der Waals surface area contributed by atoms with Gasteiger partial charge in [-0.3, -0.25) is 4.79 Å². The Hall–Kier alpha value is -0.610. The van der Waals surface area contributed by atoms with E-state index < -0.39 is 5.54 Å². The monoisotopic (exact) mass is 285 g/mol. The summed E-state index contributed by atoms with van der Waals surface area (Å²) in [6, 6.07) is 0.505. The Morgan fingerprint density at radius 3 is 2.25 bits per heavy atom. The van der Waals surface area contributed by atoms with Crippen LogP contribution in [0.4, 0.5) is 0 Å². The van der Waals surface area contributed by atoms with Crippen LogP contribution >= 0.6 is 0 Å². The first kappa shape index (κ1) is 19.4. The average Bonchev–Trinajstić information content (AvgIpc) is 2.33. The summed E-state index contributed by atoms with van der Waals surface area (Å²) in [7, 11) is 2.15. The van der Waals surface area contributed by atoms with Crippen molar-refractivity contribution < 1.29 is 4.79 Å². The summed E-state index contributed by atoms with van der Waals surface area (Å²) in [5, 5.41) is 3.29. The van der Waals surface area contributed by atoms with Crippen LogP contribution in [0.2, 0.25) is 0 Å². The first-order valence-electron chi connectivity index (χ1n) is 7.79. The lowest BCUT2D eigenvalue weighted by molar-refractivity contribution is -0.124. The summed E-state index contributed by atoms with van der Waals surface area (Å²) in [5.74, 6) is -0.252. The Labute approximate surface area is 125 Å². The molecule has 20 heavy (non-hydrogen) atoms. The van der Waals surface area contributed by atoms with Crippen LogP contribution in [0.15, 0.2) is 0 Å². The number of hydrogen-bond acceptors (Lipinski definition) is 3. The molecule has 2 unspecified atom stereocenters. The molecule has 0 aliphatic carbocycles. The molecule has 0 aromatic heterocycles. The Morgan fingerprint density at radius 1 is 1.30 bits per heavy atom. The van der Waals surface area contributed by atoms with Crippen LogP contribution in [0.5, 0.6) is 0 Å². The highest BCUT2D eigenvalue weighted by Gasteiger charge is 2.30. The minimum Gasteiger partial charge on any atom is -0.368 e. The van der Waals surface area contributed by atoms with Gasteiger partial charge in [0.2, 0.25) is 5.91 Å². The molecule has 4 heteroatoms. The number of carbonyl (C=O) groups is 1. The normalized spacial score (nSPS) is 17.0. The maximum absolute atomic E-state index is 11.6. The minimum atomic E-state index is -0.582. The third kappa shape index (κ3) is 6.23. The quantitative estimate of drug-likeness (QED) is 0.684. The Bertz CT molecular complexity index is 299. The van der Waals surface area contributed by atoms with E-state index >= 15 is 0 Å². The zero-order chi connectivity index (χ0) is 16.0. The Balaban J connectivity index is 4.34. The SMILES string of the molecule is CCCNC(C)(CCCN(C)C(C)C(C)(C)C)C(N)=O. The van der Waals surface area contributed by atoms with Gasteiger partial charge < -0.3 is 16.0 Å². The highest BCUT2D eigenvalue weighted by molar-refractivity contribution is 5.84. The van der Waals surface area contributed by atoms with Gasteiger partial charge in [0.1, 0.15) is 0 Å². The van der Waals surface area contributed by atoms with E-state index in [9.17, 15) is 4.79 Å². The summed E-state index contributed by atoms with van der Waals surface area (Å²) in [6.07, 6.45) is 2.75. The lowest BCUT2D eigenvalue weighted by Gasteiger charge is -2.36. The molecule has 0 spiro atoms. The second-order valence-corrected chi connectivity index (χ2v) is 7.25. The molecule has 0 bridgehead atoms. The van der Waals surface area contributed by atoms with E-state index in [1.54, 1.807) is 0 Å². The molecule has 0 saturated carbocycles. The maximum Gasteiger partial charge on any atom is 0.237 e.